The molecule has 3 aliphatic carbocycles. The third kappa shape index (κ3) is 20.8. The molecule has 1 aromatic carbocycles. The SMILES string of the molecule is CC(C)C[C@H]1C(=O)N[C@@H](CC2CCCC2)C(=O)N(C)CC(=O)N(C)CC(=O)N(C)/C(=C/C2CCCCC2)C(=O)N(C)CC(=O)N[C@@H](CCc2ccc(C(F)(F)F)c(Cl)c2)C(=O)N2CCC[C@H]2C(=O)NC2(CCCC2)C(=O)N(C)[C@@H](C(C)C)C(=O)N[C@H](C)CCOCN1C. The number of hydrogen-bond donors (Lipinski definition) is 4. The number of amides is 10. The lowest BCUT2D eigenvalue weighted by Crippen LogP contribution is -2.64. The molecular formula is C67H103ClF3N11O11. The second-order valence-electron chi connectivity index (χ2n) is 27.6. The first-order chi connectivity index (χ1) is 43.8. The van der Waals surface area contributed by atoms with Crippen molar-refractivity contribution in [1.82, 2.24) is 55.6 Å². The number of alkyl halides is 3. The second-order valence-corrected chi connectivity index (χ2v) is 28.0. The third-order valence-electron chi connectivity index (χ3n) is 19.2. The van der Waals surface area contributed by atoms with E-state index in [1.54, 1.807) is 18.0 Å². The average Bonchev–Trinajstić information content (AvgIpc) is 1.74. The predicted octanol–water partition coefficient (Wildman–Crippen LogP) is 6.27. The van der Waals surface area contributed by atoms with Crippen LogP contribution in [0.2, 0.25) is 5.02 Å². The summed E-state index contributed by atoms with van der Waals surface area (Å²) in [5.74, 6) is -6.09. The number of allylic oxidation sites excluding steroid dienone is 1. The summed E-state index contributed by atoms with van der Waals surface area (Å²) in [5, 5.41) is 11.3. The van der Waals surface area contributed by atoms with Crippen LogP contribution in [-0.4, -0.2) is 217 Å². The van der Waals surface area contributed by atoms with Gasteiger partial charge in [-0.1, -0.05) is 109 Å². The Morgan fingerprint density at radius 3 is 1.97 bits per heavy atom. The van der Waals surface area contributed by atoms with Crippen LogP contribution in [0.1, 0.15) is 168 Å². The van der Waals surface area contributed by atoms with E-state index in [2.05, 4.69) is 21.3 Å². The molecule has 10 amide bonds. The van der Waals surface area contributed by atoms with Crippen LogP contribution in [0.4, 0.5) is 13.2 Å². The average molecular weight is 1330 g/mol. The highest BCUT2D eigenvalue weighted by Gasteiger charge is 2.49. The van der Waals surface area contributed by atoms with E-state index in [0.29, 0.717) is 44.1 Å². The molecule has 0 aromatic heterocycles. The van der Waals surface area contributed by atoms with Crippen LogP contribution in [0, 0.1) is 23.7 Å². The van der Waals surface area contributed by atoms with E-state index >= 15 is 4.79 Å². The molecule has 3 saturated carbocycles. The smallest absolute Gasteiger partial charge is 0.366 e. The number of aryl methyl sites for hydroxylation is 1. The van der Waals surface area contributed by atoms with Crippen LogP contribution in [0.3, 0.4) is 0 Å². The van der Waals surface area contributed by atoms with Crippen molar-refractivity contribution in [2.24, 2.45) is 23.7 Å². The van der Waals surface area contributed by atoms with E-state index in [4.69, 9.17) is 16.3 Å². The number of carbonyl (C=O) groups excluding carboxylic acids is 10. The lowest BCUT2D eigenvalue weighted by molar-refractivity contribution is -0.149. The molecule has 0 bridgehead atoms. The van der Waals surface area contributed by atoms with Crippen LogP contribution in [0.25, 0.3) is 0 Å². The van der Waals surface area contributed by atoms with Gasteiger partial charge < -0.3 is 55.4 Å². The minimum Gasteiger partial charge on any atom is -0.366 e. The van der Waals surface area contributed by atoms with Crippen LogP contribution < -0.4 is 21.3 Å². The summed E-state index contributed by atoms with van der Waals surface area (Å²) in [4.78, 5) is 154. The molecule has 520 valence electrons. The van der Waals surface area contributed by atoms with E-state index in [1.165, 1.54) is 56.0 Å². The maximum absolute atomic E-state index is 15.0. The van der Waals surface area contributed by atoms with Crippen LogP contribution in [-0.2, 0) is 65.3 Å². The van der Waals surface area contributed by atoms with Crippen molar-refractivity contribution in [3.63, 3.8) is 0 Å². The fraction of sp³-hybridized carbons (Fsp3) is 0.731. The molecule has 26 heteroatoms. The standard InChI is InChI=1S/C67H103ClF3N11O11/c1-42(2)34-53-59(86)74-51(36-45-22-15-16-23-45)62(89)78(8)39-56(84)76(6)40-57(85)80(10)54(37-46-20-13-12-14-21-46)64(91)77(7)38-55(83)73-50(28-26-47-25-27-48(49(68)35-47)67(69,70)71)63(90)82-32-19-24-52(82)60(87)75-66(30-17-18-31-66)65(92)81(11)58(43(3)4)61(88)72-44(5)29-33-93-41-79(53)9/h25,27,35,37,42-46,50-53,58H,12-24,26,28-34,36,38-41H2,1-11H3,(H,72,88)(H,73,83)(H,74,86)(H,75,87)/b54-37+/t44-,50+,51+,52+,53+,58+/m1/s1. The largest absolute Gasteiger partial charge is 0.417 e. The fourth-order valence-electron chi connectivity index (χ4n) is 13.8. The van der Waals surface area contributed by atoms with E-state index in [1.807, 2.05) is 34.6 Å². The van der Waals surface area contributed by atoms with Crippen molar-refractivity contribution in [2.45, 2.75) is 211 Å². The summed E-state index contributed by atoms with van der Waals surface area (Å²) >= 11 is 6.12. The minimum atomic E-state index is -4.74. The summed E-state index contributed by atoms with van der Waals surface area (Å²) in [6.07, 6.45) is 8.05. The third-order valence-corrected chi connectivity index (χ3v) is 19.6. The Morgan fingerprint density at radius 2 is 1.34 bits per heavy atom. The molecule has 2 aliphatic heterocycles. The lowest BCUT2D eigenvalue weighted by Gasteiger charge is -2.39. The van der Waals surface area contributed by atoms with Crippen LogP contribution >= 0.6 is 11.6 Å². The Bertz CT molecular complexity index is 2840. The first kappa shape index (κ1) is 75.7. The van der Waals surface area contributed by atoms with Crippen molar-refractivity contribution in [1.29, 1.82) is 0 Å². The number of carbonyl (C=O) groups is 10. The highest BCUT2D eigenvalue weighted by molar-refractivity contribution is 6.31. The number of fused-ring (bicyclic) bond motifs is 1. The molecule has 93 heavy (non-hydrogen) atoms. The minimum absolute atomic E-state index is 0.0370. The van der Waals surface area contributed by atoms with Gasteiger partial charge in [-0.05, 0) is 126 Å². The highest BCUT2D eigenvalue weighted by Crippen LogP contribution is 2.37. The van der Waals surface area contributed by atoms with E-state index in [-0.39, 0.29) is 87.3 Å². The quantitative estimate of drug-likeness (QED) is 0.200. The van der Waals surface area contributed by atoms with Gasteiger partial charge in [0.2, 0.25) is 53.2 Å². The molecule has 0 unspecified atom stereocenters. The van der Waals surface area contributed by atoms with Gasteiger partial charge in [-0.15, -0.1) is 0 Å². The van der Waals surface area contributed by atoms with Crippen LogP contribution in [0.15, 0.2) is 30.0 Å². The molecular weight excluding hydrogens is 1230 g/mol. The van der Waals surface area contributed by atoms with Crippen LogP contribution in [0.5, 0.6) is 0 Å². The van der Waals surface area contributed by atoms with Gasteiger partial charge in [0, 0.05) is 47.8 Å². The molecule has 6 atom stereocenters. The van der Waals surface area contributed by atoms with Gasteiger partial charge in [0.05, 0.1) is 49.6 Å². The maximum Gasteiger partial charge on any atom is 0.417 e. The summed E-state index contributed by atoms with van der Waals surface area (Å²) in [6, 6.07) is -2.40. The first-order valence-electron chi connectivity index (χ1n) is 33.5. The molecule has 1 spiro atoms. The number of ether oxygens (including phenoxy) is 1. The Morgan fingerprint density at radius 1 is 0.699 bits per heavy atom. The molecule has 2 saturated heterocycles. The number of hydrogen-bond acceptors (Lipinski definition) is 12. The van der Waals surface area contributed by atoms with Crippen molar-refractivity contribution >= 4 is 70.7 Å². The Hall–Kier alpha value is -6.34. The van der Waals surface area contributed by atoms with Gasteiger partial charge in [0.25, 0.3) is 5.91 Å². The first-order valence-corrected chi connectivity index (χ1v) is 33.9. The van der Waals surface area contributed by atoms with Gasteiger partial charge in [-0.3, -0.25) is 52.8 Å². The normalized spacial score (nSPS) is 26.7. The number of benzene rings is 1. The Kier molecular flexibility index (Phi) is 28.0. The number of nitrogens with zero attached hydrogens (tertiary/aromatic N) is 7. The van der Waals surface area contributed by atoms with E-state index in [9.17, 15) is 56.3 Å². The monoisotopic (exact) mass is 1330 g/mol. The Balaban J connectivity index is 1.33. The number of halogens is 4. The van der Waals surface area contributed by atoms with Gasteiger partial charge in [0.1, 0.15) is 35.4 Å². The summed E-state index contributed by atoms with van der Waals surface area (Å²) < 4.78 is 47.5. The van der Waals surface area contributed by atoms with Gasteiger partial charge in [0.15, 0.2) is 0 Å². The highest BCUT2D eigenvalue weighted by atomic mass is 35.5. The zero-order valence-electron chi connectivity index (χ0n) is 56.6. The molecule has 4 N–H and O–H groups in total. The van der Waals surface area contributed by atoms with E-state index < -0.39 is 131 Å². The molecule has 22 nitrogen and oxygen atoms in total. The molecule has 1 aromatic rings. The topological polar surface area (TPSA) is 251 Å². The second kappa shape index (κ2) is 34.4. The molecule has 0 radical (unpaired) electrons. The maximum atomic E-state index is 15.0. The van der Waals surface area contributed by atoms with E-state index in [0.717, 1.165) is 84.6 Å². The zero-order valence-corrected chi connectivity index (χ0v) is 57.4. The number of nitrogens with one attached hydrogen (secondary N) is 4. The summed E-state index contributed by atoms with van der Waals surface area (Å²) in [7, 11) is 8.93. The molecule has 5 fully saturated rings. The molecule has 6 rings (SSSR count). The van der Waals surface area contributed by atoms with Gasteiger partial charge >= 0.3 is 6.18 Å². The predicted molar refractivity (Wildman–Crippen MR) is 345 cm³/mol. The van der Waals surface area contributed by atoms with Gasteiger partial charge in [-0.25, -0.2) is 0 Å². The molecule has 2 heterocycles. The number of likely N-dealkylation sites (N-methyl/N-ethyl adjacent to an activating group) is 6. The number of rotatable bonds is 9. The van der Waals surface area contributed by atoms with Gasteiger partial charge in [-0.2, -0.15) is 13.2 Å². The molecule has 5 aliphatic rings. The van der Waals surface area contributed by atoms with Crippen molar-refractivity contribution < 1.29 is 65.9 Å². The lowest BCUT2D eigenvalue weighted by atomic mass is 9.88. The fourth-order valence-corrected chi connectivity index (χ4v) is 14.1. The van der Waals surface area contributed by atoms with Crippen molar-refractivity contribution in [3.8, 4) is 0 Å². The van der Waals surface area contributed by atoms with Crippen molar-refractivity contribution in [3.05, 3.63) is 46.1 Å². The Labute approximate surface area is 552 Å². The summed E-state index contributed by atoms with van der Waals surface area (Å²) in [5.41, 5.74) is -2.24. The summed E-state index contributed by atoms with van der Waals surface area (Å²) in [6.45, 7) is 8.15. The van der Waals surface area contributed by atoms with Crippen molar-refractivity contribution in [2.75, 3.05) is 81.8 Å². The zero-order chi connectivity index (χ0) is 68.6.